The van der Waals surface area contributed by atoms with E-state index in [1.54, 1.807) is 6.07 Å². The quantitative estimate of drug-likeness (QED) is 0.450. The molecule has 1 aromatic carbocycles. The predicted octanol–water partition coefficient (Wildman–Crippen LogP) is 3.27. The molecule has 0 aliphatic heterocycles. The second kappa shape index (κ2) is 10.1. The maximum absolute atomic E-state index is 11.7. The van der Waals surface area contributed by atoms with Crippen molar-refractivity contribution in [1.29, 1.82) is 0 Å². The van der Waals surface area contributed by atoms with E-state index in [1.165, 1.54) is 18.6 Å². The second-order valence-electron chi connectivity index (χ2n) is 5.02. The van der Waals surface area contributed by atoms with Gasteiger partial charge in [-0.15, -0.1) is 0 Å². The molecule has 24 heavy (non-hydrogen) atoms. The van der Waals surface area contributed by atoms with Crippen molar-refractivity contribution >= 4 is 11.9 Å². The third-order valence-corrected chi connectivity index (χ3v) is 3.48. The standard InChI is InChI=1S/C18H22O6/c1-3-23-11-5-7-13-9-10-15(17(19)20)14(16(13)18(21)22)8-6-12-24-4-2/h3-4,9-10H,1-2,5-8,11-12H2,(H,19,20)(H,21,22). The van der Waals surface area contributed by atoms with E-state index in [-0.39, 0.29) is 11.1 Å². The van der Waals surface area contributed by atoms with Gasteiger partial charge in [-0.05, 0) is 42.9 Å². The SMILES string of the molecule is C=COCCCc1ccc(C(=O)O)c(CCCOC=C)c1C(=O)O. The highest BCUT2D eigenvalue weighted by atomic mass is 16.5. The van der Waals surface area contributed by atoms with Gasteiger partial charge in [0, 0.05) is 0 Å². The van der Waals surface area contributed by atoms with Gasteiger partial charge in [0.05, 0.1) is 36.9 Å². The van der Waals surface area contributed by atoms with Crippen LogP contribution >= 0.6 is 0 Å². The van der Waals surface area contributed by atoms with E-state index in [0.717, 1.165) is 0 Å². The number of carboxylic acids is 2. The first kappa shape index (κ1) is 19.3. The van der Waals surface area contributed by atoms with Gasteiger partial charge in [0.25, 0.3) is 0 Å². The van der Waals surface area contributed by atoms with E-state index in [1.807, 2.05) is 0 Å². The zero-order chi connectivity index (χ0) is 17.9. The van der Waals surface area contributed by atoms with Crippen LogP contribution in [0.3, 0.4) is 0 Å². The summed E-state index contributed by atoms with van der Waals surface area (Å²) in [5.41, 5.74) is 0.994. The molecule has 0 amide bonds. The Hall–Kier alpha value is -2.76. The van der Waals surface area contributed by atoms with Crippen LogP contribution in [0.25, 0.3) is 0 Å². The summed E-state index contributed by atoms with van der Waals surface area (Å²) in [5.74, 6) is -2.27. The maximum Gasteiger partial charge on any atom is 0.336 e. The molecule has 1 aromatic rings. The molecular weight excluding hydrogens is 312 g/mol. The molecule has 1 rings (SSSR count). The maximum atomic E-state index is 11.7. The molecule has 130 valence electrons. The molecule has 0 bridgehead atoms. The van der Waals surface area contributed by atoms with Crippen LogP contribution < -0.4 is 0 Å². The number of hydrogen-bond acceptors (Lipinski definition) is 4. The minimum absolute atomic E-state index is 0.0112. The molecule has 2 N–H and O–H groups in total. The van der Waals surface area contributed by atoms with Gasteiger partial charge in [-0.1, -0.05) is 19.2 Å². The number of ether oxygens (including phenoxy) is 2. The summed E-state index contributed by atoms with van der Waals surface area (Å²) in [5, 5.41) is 18.9. The molecule has 0 heterocycles. The van der Waals surface area contributed by atoms with Gasteiger partial charge in [0.15, 0.2) is 0 Å². The Labute approximate surface area is 141 Å². The molecule has 0 aliphatic rings. The van der Waals surface area contributed by atoms with E-state index in [4.69, 9.17) is 9.47 Å². The lowest BCUT2D eigenvalue weighted by atomic mass is 9.91. The van der Waals surface area contributed by atoms with Crippen molar-refractivity contribution in [3.8, 4) is 0 Å². The van der Waals surface area contributed by atoms with Gasteiger partial charge in [0.1, 0.15) is 0 Å². The topological polar surface area (TPSA) is 93.1 Å². The summed E-state index contributed by atoms with van der Waals surface area (Å²) < 4.78 is 10.1. The highest BCUT2D eigenvalue weighted by Gasteiger charge is 2.21. The lowest BCUT2D eigenvalue weighted by molar-refractivity contribution is 0.0694. The van der Waals surface area contributed by atoms with Crippen molar-refractivity contribution in [3.63, 3.8) is 0 Å². The summed E-state index contributed by atoms with van der Waals surface area (Å²) in [4.78, 5) is 23.1. The molecule has 6 nitrogen and oxygen atoms in total. The minimum Gasteiger partial charge on any atom is -0.502 e. The van der Waals surface area contributed by atoms with Crippen LogP contribution in [0.5, 0.6) is 0 Å². The number of hydrogen-bond donors (Lipinski definition) is 2. The van der Waals surface area contributed by atoms with Crippen LogP contribution in [0.4, 0.5) is 0 Å². The molecular formula is C18H22O6. The van der Waals surface area contributed by atoms with Crippen molar-refractivity contribution in [1.82, 2.24) is 0 Å². The number of rotatable bonds is 12. The van der Waals surface area contributed by atoms with E-state index in [2.05, 4.69) is 13.2 Å². The van der Waals surface area contributed by atoms with E-state index in [0.29, 0.717) is 50.0 Å². The smallest absolute Gasteiger partial charge is 0.336 e. The van der Waals surface area contributed by atoms with E-state index >= 15 is 0 Å². The predicted molar refractivity (Wildman–Crippen MR) is 89.3 cm³/mol. The molecule has 0 spiro atoms. The zero-order valence-corrected chi connectivity index (χ0v) is 13.5. The highest BCUT2D eigenvalue weighted by molar-refractivity contribution is 5.97. The first-order chi connectivity index (χ1) is 11.5. The number of carboxylic acid groups (broad SMARTS) is 2. The zero-order valence-electron chi connectivity index (χ0n) is 13.5. The van der Waals surface area contributed by atoms with Crippen molar-refractivity contribution in [2.45, 2.75) is 25.7 Å². The van der Waals surface area contributed by atoms with E-state index in [9.17, 15) is 19.8 Å². The van der Waals surface area contributed by atoms with Gasteiger partial charge in [-0.3, -0.25) is 0 Å². The van der Waals surface area contributed by atoms with Crippen LogP contribution in [0.2, 0.25) is 0 Å². The summed E-state index contributed by atoms with van der Waals surface area (Å²) in [7, 11) is 0. The van der Waals surface area contributed by atoms with Gasteiger partial charge in [-0.25, -0.2) is 9.59 Å². The highest BCUT2D eigenvalue weighted by Crippen LogP contribution is 2.23. The second-order valence-corrected chi connectivity index (χ2v) is 5.02. The first-order valence-electron chi connectivity index (χ1n) is 7.59. The fourth-order valence-corrected chi connectivity index (χ4v) is 2.48. The summed E-state index contributed by atoms with van der Waals surface area (Å²) >= 11 is 0. The fourth-order valence-electron chi connectivity index (χ4n) is 2.48. The summed E-state index contributed by atoms with van der Waals surface area (Å²) in [6.45, 7) is 7.64. The van der Waals surface area contributed by atoms with Crippen molar-refractivity contribution in [2.75, 3.05) is 13.2 Å². The van der Waals surface area contributed by atoms with Crippen LogP contribution in [0.15, 0.2) is 37.8 Å². The van der Waals surface area contributed by atoms with Crippen LogP contribution in [-0.2, 0) is 22.3 Å². The van der Waals surface area contributed by atoms with Crippen LogP contribution in [-0.4, -0.2) is 35.4 Å². The normalized spacial score (nSPS) is 10.0. The molecule has 6 heteroatoms. The Morgan fingerprint density at radius 2 is 1.54 bits per heavy atom. The molecule has 0 saturated carbocycles. The average Bonchev–Trinajstić information content (AvgIpc) is 2.54. The third kappa shape index (κ3) is 5.46. The molecule has 0 unspecified atom stereocenters. The molecule has 0 fully saturated rings. The van der Waals surface area contributed by atoms with Gasteiger partial charge in [-0.2, -0.15) is 0 Å². The lowest BCUT2D eigenvalue weighted by Gasteiger charge is -2.14. The summed E-state index contributed by atoms with van der Waals surface area (Å²) in [6.07, 6.45) is 4.51. The van der Waals surface area contributed by atoms with Gasteiger partial charge in [0.2, 0.25) is 0 Å². The summed E-state index contributed by atoms with van der Waals surface area (Å²) in [6, 6.07) is 3.02. The first-order valence-corrected chi connectivity index (χ1v) is 7.59. The number of aromatic carboxylic acids is 2. The third-order valence-electron chi connectivity index (χ3n) is 3.48. The van der Waals surface area contributed by atoms with E-state index < -0.39 is 11.9 Å². The Balaban J connectivity index is 3.11. The number of benzene rings is 1. The molecule has 0 radical (unpaired) electrons. The molecule has 0 saturated heterocycles. The Morgan fingerprint density at radius 3 is 2.04 bits per heavy atom. The average molecular weight is 334 g/mol. The van der Waals surface area contributed by atoms with Crippen LogP contribution in [0.1, 0.15) is 44.7 Å². The largest absolute Gasteiger partial charge is 0.502 e. The van der Waals surface area contributed by atoms with Gasteiger partial charge < -0.3 is 19.7 Å². The van der Waals surface area contributed by atoms with Crippen molar-refractivity contribution in [3.05, 3.63) is 60.1 Å². The van der Waals surface area contributed by atoms with Crippen LogP contribution in [0, 0.1) is 0 Å². The van der Waals surface area contributed by atoms with Crippen molar-refractivity contribution < 1.29 is 29.3 Å². The minimum atomic E-state index is -1.14. The Kier molecular flexibility index (Phi) is 8.11. The molecule has 0 aromatic heterocycles. The van der Waals surface area contributed by atoms with Gasteiger partial charge >= 0.3 is 11.9 Å². The number of aryl methyl sites for hydroxylation is 1. The Bertz CT molecular complexity index is 606. The number of carbonyl (C=O) groups is 2. The fraction of sp³-hybridized carbons (Fsp3) is 0.333. The molecule has 0 atom stereocenters. The molecule has 0 aliphatic carbocycles. The lowest BCUT2D eigenvalue weighted by Crippen LogP contribution is -2.14. The van der Waals surface area contributed by atoms with Crippen molar-refractivity contribution in [2.24, 2.45) is 0 Å². The Morgan fingerprint density at radius 1 is 0.958 bits per heavy atom. The monoisotopic (exact) mass is 334 g/mol.